The van der Waals surface area contributed by atoms with E-state index in [0.717, 1.165) is 11.3 Å². The summed E-state index contributed by atoms with van der Waals surface area (Å²) in [5.74, 6) is -0.125. The maximum absolute atomic E-state index is 10.2. The molecule has 86 valence electrons. The van der Waals surface area contributed by atoms with Crippen molar-refractivity contribution in [2.75, 3.05) is 6.61 Å². The molecule has 16 heavy (non-hydrogen) atoms. The largest absolute Gasteiger partial charge is 0.490 e. The first kappa shape index (κ1) is 12.6. The highest BCUT2D eigenvalue weighted by Crippen LogP contribution is 2.20. The van der Waals surface area contributed by atoms with E-state index < -0.39 is 5.97 Å². The molecule has 4 heteroatoms. The fraction of sp³-hybridized carbons (Fsp3) is 0.250. The van der Waals surface area contributed by atoms with Crippen LogP contribution in [0.2, 0.25) is 5.02 Å². The molecule has 1 aromatic carbocycles. The molecular formula is C12H13ClO3. The summed E-state index contributed by atoms with van der Waals surface area (Å²) in [5.41, 5.74) is 0.952. The Morgan fingerprint density at radius 2 is 2.25 bits per heavy atom. The number of benzene rings is 1. The van der Waals surface area contributed by atoms with Crippen molar-refractivity contribution < 1.29 is 14.6 Å². The van der Waals surface area contributed by atoms with Crippen LogP contribution in [0, 0.1) is 6.92 Å². The zero-order chi connectivity index (χ0) is 12.0. The van der Waals surface area contributed by atoms with Crippen molar-refractivity contribution >= 4 is 17.6 Å². The van der Waals surface area contributed by atoms with Crippen LogP contribution in [-0.4, -0.2) is 17.7 Å². The second-order valence-corrected chi connectivity index (χ2v) is 3.70. The maximum atomic E-state index is 10.2. The van der Waals surface area contributed by atoms with Crippen LogP contribution in [0.3, 0.4) is 0 Å². The Bertz CT molecular complexity index is 399. The lowest BCUT2D eigenvalue weighted by Gasteiger charge is -2.04. The van der Waals surface area contributed by atoms with Gasteiger partial charge in [0.2, 0.25) is 0 Å². The molecule has 0 radical (unpaired) electrons. The number of hydrogen-bond acceptors (Lipinski definition) is 2. The van der Waals surface area contributed by atoms with Gasteiger partial charge in [-0.25, -0.2) is 0 Å². The van der Waals surface area contributed by atoms with Crippen molar-refractivity contribution in [3.8, 4) is 5.75 Å². The average molecular weight is 241 g/mol. The van der Waals surface area contributed by atoms with Crippen LogP contribution in [0.4, 0.5) is 0 Å². The van der Waals surface area contributed by atoms with Gasteiger partial charge in [-0.1, -0.05) is 23.8 Å². The van der Waals surface area contributed by atoms with Crippen LogP contribution in [0.25, 0.3) is 0 Å². The van der Waals surface area contributed by atoms with Crippen molar-refractivity contribution in [3.05, 3.63) is 40.9 Å². The molecule has 0 unspecified atom stereocenters. The molecule has 1 rings (SSSR count). The van der Waals surface area contributed by atoms with Gasteiger partial charge in [-0.15, -0.1) is 0 Å². The number of hydrogen-bond donors (Lipinski definition) is 1. The minimum atomic E-state index is -0.849. The second kappa shape index (κ2) is 6.18. The van der Waals surface area contributed by atoms with E-state index in [1.807, 2.05) is 13.0 Å². The summed E-state index contributed by atoms with van der Waals surface area (Å²) < 4.78 is 5.39. The summed E-state index contributed by atoms with van der Waals surface area (Å²) in [6.45, 7) is 2.25. The highest BCUT2D eigenvalue weighted by molar-refractivity contribution is 6.31. The molecular weight excluding hydrogens is 228 g/mol. The normalized spacial score (nSPS) is 10.6. The number of carbonyl (C=O) groups is 1. The Morgan fingerprint density at radius 3 is 2.88 bits per heavy atom. The van der Waals surface area contributed by atoms with Crippen molar-refractivity contribution in [2.24, 2.45) is 0 Å². The Morgan fingerprint density at radius 1 is 1.50 bits per heavy atom. The van der Waals surface area contributed by atoms with E-state index >= 15 is 0 Å². The van der Waals surface area contributed by atoms with E-state index in [-0.39, 0.29) is 6.42 Å². The lowest BCUT2D eigenvalue weighted by Crippen LogP contribution is -1.95. The van der Waals surface area contributed by atoms with Gasteiger partial charge in [-0.05, 0) is 30.7 Å². The molecule has 0 saturated carbocycles. The first-order chi connectivity index (χ1) is 7.59. The van der Waals surface area contributed by atoms with Crippen LogP contribution in [0.5, 0.6) is 5.75 Å². The Hall–Kier alpha value is -1.48. The molecule has 0 fully saturated rings. The Kier molecular flexibility index (Phi) is 4.86. The fourth-order valence-electron chi connectivity index (χ4n) is 1.10. The highest BCUT2D eigenvalue weighted by Gasteiger charge is 1.97. The van der Waals surface area contributed by atoms with Gasteiger partial charge in [-0.2, -0.15) is 0 Å². The van der Waals surface area contributed by atoms with Crippen molar-refractivity contribution in [2.45, 2.75) is 13.3 Å². The van der Waals surface area contributed by atoms with Crippen LogP contribution >= 0.6 is 11.6 Å². The minimum Gasteiger partial charge on any atom is -0.490 e. The zero-order valence-electron chi connectivity index (χ0n) is 8.94. The third-order valence-corrected chi connectivity index (χ3v) is 2.36. The molecule has 0 aliphatic rings. The number of aryl methyl sites for hydroxylation is 1. The van der Waals surface area contributed by atoms with Gasteiger partial charge in [-0.3, -0.25) is 4.79 Å². The summed E-state index contributed by atoms with van der Waals surface area (Å²) >= 11 is 5.86. The van der Waals surface area contributed by atoms with Gasteiger partial charge in [0.15, 0.2) is 0 Å². The van der Waals surface area contributed by atoms with E-state index in [2.05, 4.69) is 0 Å². The summed E-state index contributed by atoms with van der Waals surface area (Å²) in [6, 6.07) is 5.39. The van der Waals surface area contributed by atoms with E-state index in [9.17, 15) is 4.79 Å². The molecule has 0 spiro atoms. The molecule has 0 aromatic heterocycles. The van der Waals surface area contributed by atoms with Crippen LogP contribution in [0.15, 0.2) is 30.4 Å². The van der Waals surface area contributed by atoms with Crippen molar-refractivity contribution in [3.63, 3.8) is 0 Å². The number of aliphatic carboxylic acids is 1. The van der Waals surface area contributed by atoms with E-state index in [4.69, 9.17) is 21.4 Å². The van der Waals surface area contributed by atoms with Crippen LogP contribution in [0.1, 0.15) is 12.0 Å². The van der Waals surface area contributed by atoms with E-state index in [1.165, 1.54) is 0 Å². The van der Waals surface area contributed by atoms with Gasteiger partial charge in [0.25, 0.3) is 0 Å². The van der Waals surface area contributed by atoms with Gasteiger partial charge in [0.1, 0.15) is 12.4 Å². The minimum absolute atomic E-state index is 0.0169. The molecule has 3 nitrogen and oxygen atoms in total. The van der Waals surface area contributed by atoms with Crippen LogP contribution in [-0.2, 0) is 4.79 Å². The third kappa shape index (κ3) is 4.36. The standard InChI is InChI=1S/C12H13ClO3/c1-9-8-10(5-6-11(9)13)16-7-3-2-4-12(14)15/h2-3,5-6,8H,4,7H2,1H3,(H,14,15)/b3-2+. The molecule has 0 saturated heterocycles. The first-order valence-electron chi connectivity index (χ1n) is 4.85. The number of rotatable bonds is 5. The fourth-order valence-corrected chi connectivity index (χ4v) is 1.22. The maximum Gasteiger partial charge on any atom is 0.307 e. The molecule has 1 aromatic rings. The molecule has 0 heterocycles. The van der Waals surface area contributed by atoms with E-state index in [0.29, 0.717) is 11.6 Å². The van der Waals surface area contributed by atoms with Gasteiger partial charge >= 0.3 is 5.97 Å². The number of carboxylic acids is 1. The van der Waals surface area contributed by atoms with Gasteiger partial charge in [0, 0.05) is 5.02 Å². The Labute approximate surface area is 99.3 Å². The molecule has 0 aliphatic heterocycles. The zero-order valence-corrected chi connectivity index (χ0v) is 9.70. The summed E-state index contributed by atoms with van der Waals surface area (Å²) in [6.07, 6.45) is 3.26. The number of ether oxygens (including phenoxy) is 1. The SMILES string of the molecule is Cc1cc(OC/C=C/CC(=O)O)ccc1Cl. The second-order valence-electron chi connectivity index (χ2n) is 3.29. The van der Waals surface area contributed by atoms with Crippen molar-refractivity contribution in [1.82, 2.24) is 0 Å². The quantitative estimate of drug-likeness (QED) is 0.805. The topological polar surface area (TPSA) is 46.5 Å². The predicted octanol–water partition coefficient (Wildman–Crippen LogP) is 3.06. The first-order valence-corrected chi connectivity index (χ1v) is 5.23. The Balaban J connectivity index is 2.40. The number of halogens is 1. The molecule has 0 amide bonds. The average Bonchev–Trinajstić information content (AvgIpc) is 2.22. The molecule has 0 atom stereocenters. The van der Waals surface area contributed by atoms with Gasteiger partial charge in [0.05, 0.1) is 6.42 Å². The van der Waals surface area contributed by atoms with E-state index in [1.54, 1.807) is 24.3 Å². The smallest absolute Gasteiger partial charge is 0.307 e. The molecule has 0 aliphatic carbocycles. The summed E-state index contributed by atoms with van der Waals surface area (Å²) in [5, 5.41) is 9.09. The monoisotopic (exact) mass is 240 g/mol. The summed E-state index contributed by atoms with van der Waals surface area (Å²) in [4.78, 5) is 10.2. The molecule has 1 N–H and O–H groups in total. The summed E-state index contributed by atoms with van der Waals surface area (Å²) in [7, 11) is 0. The van der Waals surface area contributed by atoms with Gasteiger partial charge < -0.3 is 9.84 Å². The number of carboxylic acid groups (broad SMARTS) is 1. The lowest BCUT2D eigenvalue weighted by molar-refractivity contribution is -0.136. The predicted molar refractivity (Wildman–Crippen MR) is 63.1 cm³/mol. The van der Waals surface area contributed by atoms with Crippen LogP contribution < -0.4 is 4.74 Å². The third-order valence-electron chi connectivity index (χ3n) is 1.93. The molecule has 0 bridgehead atoms. The van der Waals surface area contributed by atoms with Crippen molar-refractivity contribution in [1.29, 1.82) is 0 Å². The highest BCUT2D eigenvalue weighted by atomic mass is 35.5. The lowest BCUT2D eigenvalue weighted by atomic mass is 10.2.